The van der Waals surface area contributed by atoms with Gasteiger partial charge in [0, 0.05) is 23.2 Å². The lowest BCUT2D eigenvalue weighted by atomic mass is 10.0. The highest BCUT2D eigenvalue weighted by Crippen LogP contribution is 2.17. The van der Waals surface area contributed by atoms with Crippen molar-refractivity contribution in [2.24, 2.45) is 0 Å². The van der Waals surface area contributed by atoms with Gasteiger partial charge in [0.2, 0.25) is 5.91 Å². The van der Waals surface area contributed by atoms with Crippen molar-refractivity contribution in [3.8, 4) is 0 Å². The average Bonchev–Trinajstić information content (AvgIpc) is 2.56. The van der Waals surface area contributed by atoms with Crippen LogP contribution in [-0.4, -0.2) is 31.1 Å². The zero-order chi connectivity index (χ0) is 18.7. The fourth-order valence-corrected chi connectivity index (χ4v) is 2.62. The lowest BCUT2D eigenvalue weighted by Gasteiger charge is -2.09. The standard InChI is InChI=1S/C20H30N2O3/c1-15(23)17-12-18(16(2)24)14-19(13-17)22-20(25)10-8-6-4-5-7-9-11-21-3/h12-14,21H,4-11H2,1-3H3,(H,22,25). The fourth-order valence-electron chi connectivity index (χ4n) is 2.62. The third kappa shape index (κ3) is 8.59. The number of hydrogen-bond acceptors (Lipinski definition) is 4. The van der Waals surface area contributed by atoms with E-state index in [9.17, 15) is 14.4 Å². The Bertz CT molecular complexity index is 564. The van der Waals surface area contributed by atoms with Gasteiger partial charge in [-0.15, -0.1) is 0 Å². The number of rotatable bonds is 12. The van der Waals surface area contributed by atoms with E-state index in [4.69, 9.17) is 0 Å². The molecule has 0 saturated carbocycles. The third-order valence-corrected chi connectivity index (χ3v) is 4.11. The second-order valence-electron chi connectivity index (χ2n) is 6.43. The molecule has 0 spiro atoms. The maximum absolute atomic E-state index is 12.1. The van der Waals surface area contributed by atoms with Gasteiger partial charge in [0.15, 0.2) is 11.6 Å². The van der Waals surface area contributed by atoms with Crippen molar-refractivity contribution < 1.29 is 14.4 Å². The van der Waals surface area contributed by atoms with Gasteiger partial charge in [-0.3, -0.25) is 14.4 Å². The minimum Gasteiger partial charge on any atom is -0.326 e. The predicted octanol–water partition coefficient (Wildman–Crippen LogP) is 3.98. The van der Waals surface area contributed by atoms with E-state index >= 15 is 0 Å². The Morgan fingerprint density at radius 2 is 1.32 bits per heavy atom. The van der Waals surface area contributed by atoms with E-state index in [0.29, 0.717) is 23.2 Å². The van der Waals surface area contributed by atoms with Crippen LogP contribution in [0.5, 0.6) is 0 Å². The van der Waals surface area contributed by atoms with Crippen molar-refractivity contribution in [2.45, 2.75) is 58.8 Å². The molecule has 1 aromatic carbocycles. The Morgan fingerprint density at radius 3 is 1.84 bits per heavy atom. The molecule has 0 heterocycles. The summed E-state index contributed by atoms with van der Waals surface area (Å²) in [5.74, 6) is -0.334. The maximum Gasteiger partial charge on any atom is 0.224 e. The maximum atomic E-state index is 12.1. The van der Waals surface area contributed by atoms with Crippen LogP contribution in [0.2, 0.25) is 0 Å². The van der Waals surface area contributed by atoms with Crippen molar-refractivity contribution in [2.75, 3.05) is 18.9 Å². The lowest BCUT2D eigenvalue weighted by molar-refractivity contribution is -0.116. The number of amides is 1. The van der Waals surface area contributed by atoms with Crippen LogP contribution < -0.4 is 10.6 Å². The van der Waals surface area contributed by atoms with Crippen LogP contribution in [0.4, 0.5) is 5.69 Å². The molecule has 1 amide bonds. The van der Waals surface area contributed by atoms with E-state index in [-0.39, 0.29) is 17.5 Å². The zero-order valence-corrected chi connectivity index (χ0v) is 15.6. The van der Waals surface area contributed by atoms with Crippen LogP contribution in [-0.2, 0) is 4.79 Å². The number of anilines is 1. The number of carbonyl (C=O) groups is 3. The molecule has 0 fully saturated rings. The number of carbonyl (C=O) groups excluding carboxylic acids is 3. The van der Waals surface area contributed by atoms with Crippen LogP contribution in [0.1, 0.15) is 79.5 Å². The molecule has 0 saturated heterocycles. The van der Waals surface area contributed by atoms with Gasteiger partial charge in [0.05, 0.1) is 0 Å². The molecular formula is C20H30N2O3. The van der Waals surface area contributed by atoms with Crippen LogP contribution >= 0.6 is 0 Å². The Labute approximate surface area is 150 Å². The lowest BCUT2D eigenvalue weighted by Crippen LogP contribution is -2.12. The van der Waals surface area contributed by atoms with Gasteiger partial charge < -0.3 is 10.6 Å². The molecule has 5 nitrogen and oxygen atoms in total. The number of hydrogen-bond donors (Lipinski definition) is 2. The fraction of sp³-hybridized carbons (Fsp3) is 0.550. The Morgan fingerprint density at radius 1 is 0.800 bits per heavy atom. The summed E-state index contributed by atoms with van der Waals surface area (Å²) in [6, 6.07) is 4.80. The zero-order valence-electron chi connectivity index (χ0n) is 15.6. The highest BCUT2D eigenvalue weighted by Gasteiger charge is 2.10. The molecule has 0 aromatic heterocycles. The van der Waals surface area contributed by atoms with E-state index in [1.54, 1.807) is 18.2 Å². The van der Waals surface area contributed by atoms with Crippen molar-refractivity contribution in [1.29, 1.82) is 0 Å². The normalized spacial score (nSPS) is 10.5. The molecule has 0 aliphatic heterocycles. The second kappa shape index (κ2) is 11.5. The van der Waals surface area contributed by atoms with E-state index < -0.39 is 0 Å². The van der Waals surface area contributed by atoms with Crippen molar-refractivity contribution >= 4 is 23.2 Å². The van der Waals surface area contributed by atoms with E-state index in [1.165, 1.54) is 33.1 Å². The summed E-state index contributed by atoms with van der Waals surface area (Å²) in [6.07, 6.45) is 7.11. The molecule has 25 heavy (non-hydrogen) atoms. The van der Waals surface area contributed by atoms with E-state index in [1.807, 2.05) is 7.05 Å². The molecule has 0 unspecified atom stereocenters. The summed E-state index contributed by atoms with van der Waals surface area (Å²) in [4.78, 5) is 35.2. The summed E-state index contributed by atoms with van der Waals surface area (Å²) >= 11 is 0. The van der Waals surface area contributed by atoms with Gasteiger partial charge in [-0.2, -0.15) is 0 Å². The summed E-state index contributed by atoms with van der Waals surface area (Å²) in [7, 11) is 1.96. The summed E-state index contributed by atoms with van der Waals surface area (Å²) in [6.45, 7) is 3.95. The molecule has 0 aliphatic carbocycles. The minimum atomic E-state index is -0.128. The largest absolute Gasteiger partial charge is 0.326 e. The highest BCUT2D eigenvalue weighted by atomic mass is 16.1. The number of Topliss-reactive ketones (excluding diaryl/α,β-unsaturated/α-hetero) is 2. The Balaban J connectivity index is 2.41. The van der Waals surface area contributed by atoms with Crippen molar-refractivity contribution in [1.82, 2.24) is 5.32 Å². The molecule has 0 bridgehead atoms. The number of unbranched alkanes of at least 4 members (excludes halogenated alkanes) is 5. The molecule has 0 aliphatic rings. The van der Waals surface area contributed by atoms with Gasteiger partial charge >= 0.3 is 0 Å². The molecule has 0 radical (unpaired) electrons. The first-order valence-electron chi connectivity index (χ1n) is 9.05. The van der Waals surface area contributed by atoms with E-state index in [0.717, 1.165) is 25.8 Å². The van der Waals surface area contributed by atoms with E-state index in [2.05, 4.69) is 10.6 Å². The average molecular weight is 346 g/mol. The molecule has 1 rings (SSSR count). The minimum absolute atomic E-state index is 0.0783. The summed E-state index contributed by atoms with van der Waals surface area (Å²) < 4.78 is 0. The predicted molar refractivity (Wildman–Crippen MR) is 101 cm³/mol. The monoisotopic (exact) mass is 346 g/mol. The van der Waals surface area contributed by atoms with Gasteiger partial charge in [0.25, 0.3) is 0 Å². The van der Waals surface area contributed by atoms with Crippen LogP contribution in [0.25, 0.3) is 0 Å². The van der Waals surface area contributed by atoms with Crippen LogP contribution in [0.15, 0.2) is 18.2 Å². The summed E-state index contributed by atoms with van der Waals surface area (Å²) in [5.41, 5.74) is 1.38. The number of nitrogens with one attached hydrogen (secondary N) is 2. The topological polar surface area (TPSA) is 75.3 Å². The van der Waals surface area contributed by atoms with Crippen LogP contribution in [0.3, 0.4) is 0 Å². The van der Waals surface area contributed by atoms with Gasteiger partial charge in [-0.1, -0.05) is 25.7 Å². The van der Waals surface area contributed by atoms with Crippen LogP contribution in [0, 0.1) is 0 Å². The molecule has 1 aromatic rings. The first-order valence-corrected chi connectivity index (χ1v) is 9.05. The smallest absolute Gasteiger partial charge is 0.224 e. The quantitative estimate of drug-likeness (QED) is 0.443. The molecule has 5 heteroatoms. The molecule has 2 N–H and O–H groups in total. The first-order chi connectivity index (χ1) is 11.9. The van der Waals surface area contributed by atoms with Crippen molar-refractivity contribution in [3.05, 3.63) is 29.3 Å². The number of ketones is 2. The van der Waals surface area contributed by atoms with Gasteiger partial charge in [-0.05, 0) is 58.5 Å². The SMILES string of the molecule is CNCCCCCCCCC(=O)Nc1cc(C(C)=O)cc(C(C)=O)c1. The molecule has 138 valence electrons. The molecular weight excluding hydrogens is 316 g/mol. The Hall–Kier alpha value is -2.01. The van der Waals surface area contributed by atoms with Gasteiger partial charge in [-0.25, -0.2) is 0 Å². The summed E-state index contributed by atoms with van der Waals surface area (Å²) in [5, 5.41) is 5.93. The Kier molecular flexibility index (Phi) is 9.70. The second-order valence-corrected chi connectivity index (χ2v) is 6.43. The highest BCUT2D eigenvalue weighted by molar-refractivity contribution is 6.02. The van der Waals surface area contributed by atoms with Gasteiger partial charge in [0.1, 0.15) is 0 Å². The molecule has 0 atom stereocenters. The third-order valence-electron chi connectivity index (χ3n) is 4.11. The van der Waals surface area contributed by atoms with Crippen molar-refractivity contribution in [3.63, 3.8) is 0 Å². The first kappa shape index (κ1) is 21.0. The number of benzene rings is 1.